The Balaban J connectivity index is 3.58. The molecule has 0 spiro atoms. The van der Waals surface area contributed by atoms with Crippen LogP contribution in [0.3, 0.4) is 0 Å². The Morgan fingerprint density at radius 3 is 1.62 bits per heavy atom. The van der Waals surface area contributed by atoms with E-state index >= 15 is 0 Å². The molecule has 0 heterocycles. The van der Waals surface area contributed by atoms with Crippen LogP contribution in [-0.2, 0) is 0 Å². The monoisotopic (exact) mass is 186 g/mol. The van der Waals surface area contributed by atoms with Gasteiger partial charge >= 0.3 is 0 Å². The van der Waals surface area contributed by atoms with E-state index in [4.69, 9.17) is 0 Å². The summed E-state index contributed by atoms with van der Waals surface area (Å²) in [6, 6.07) is 0. The van der Waals surface area contributed by atoms with Gasteiger partial charge in [-0.25, -0.2) is 0 Å². The zero-order chi connectivity index (χ0) is 10.4. The smallest absolute Gasteiger partial charge is 0.0545 e. The average Bonchev–Trinajstić information content (AvgIpc) is 1.80. The summed E-state index contributed by atoms with van der Waals surface area (Å²) in [6.45, 7) is 11.0. The molecule has 0 aromatic carbocycles. The SMILES string of the molecule is CC(C)C[C@@H](C)C[C@H](O)CC(C)C. The van der Waals surface area contributed by atoms with Gasteiger partial charge < -0.3 is 5.11 Å². The van der Waals surface area contributed by atoms with Crippen LogP contribution in [0.2, 0.25) is 0 Å². The Labute approximate surface area is 83.5 Å². The summed E-state index contributed by atoms with van der Waals surface area (Å²) in [5.74, 6) is 2.02. The average molecular weight is 186 g/mol. The summed E-state index contributed by atoms with van der Waals surface area (Å²) in [4.78, 5) is 0. The van der Waals surface area contributed by atoms with E-state index in [1.165, 1.54) is 6.42 Å². The van der Waals surface area contributed by atoms with E-state index in [9.17, 15) is 5.11 Å². The number of aliphatic hydroxyl groups is 1. The highest BCUT2D eigenvalue weighted by Crippen LogP contribution is 2.19. The first-order chi connectivity index (χ1) is 5.91. The molecule has 0 saturated heterocycles. The molecular formula is C12H26O. The second kappa shape index (κ2) is 6.42. The fourth-order valence-electron chi connectivity index (χ4n) is 2.01. The fourth-order valence-corrected chi connectivity index (χ4v) is 2.01. The van der Waals surface area contributed by atoms with Crippen molar-refractivity contribution in [3.8, 4) is 0 Å². The van der Waals surface area contributed by atoms with Crippen molar-refractivity contribution >= 4 is 0 Å². The molecule has 1 nitrogen and oxygen atoms in total. The molecule has 0 aromatic heterocycles. The lowest BCUT2D eigenvalue weighted by molar-refractivity contribution is 0.118. The van der Waals surface area contributed by atoms with Gasteiger partial charge in [-0.3, -0.25) is 0 Å². The van der Waals surface area contributed by atoms with Crippen molar-refractivity contribution in [1.29, 1.82) is 0 Å². The molecule has 0 unspecified atom stereocenters. The molecule has 1 heteroatoms. The minimum absolute atomic E-state index is 0.0891. The predicted octanol–water partition coefficient (Wildman–Crippen LogP) is 3.47. The summed E-state index contributed by atoms with van der Waals surface area (Å²) in [5, 5.41) is 9.70. The van der Waals surface area contributed by atoms with Gasteiger partial charge in [0.2, 0.25) is 0 Å². The highest BCUT2D eigenvalue weighted by Gasteiger charge is 2.12. The first kappa shape index (κ1) is 13.0. The summed E-state index contributed by atoms with van der Waals surface area (Å²) in [5.41, 5.74) is 0. The molecule has 0 aliphatic rings. The molecule has 13 heavy (non-hydrogen) atoms. The van der Waals surface area contributed by atoms with Crippen LogP contribution in [0.15, 0.2) is 0 Å². The number of hydrogen-bond donors (Lipinski definition) is 1. The Morgan fingerprint density at radius 2 is 1.23 bits per heavy atom. The lowest BCUT2D eigenvalue weighted by Gasteiger charge is -2.19. The van der Waals surface area contributed by atoms with Crippen molar-refractivity contribution < 1.29 is 5.11 Å². The van der Waals surface area contributed by atoms with E-state index in [1.807, 2.05) is 0 Å². The van der Waals surface area contributed by atoms with Crippen LogP contribution < -0.4 is 0 Å². The second-order valence-corrected chi connectivity index (χ2v) is 5.25. The highest BCUT2D eigenvalue weighted by atomic mass is 16.3. The van der Waals surface area contributed by atoms with Crippen LogP contribution in [-0.4, -0.2) is 11.2 Å². The van der Waals surface area contributed by atoms with Crippen LogP contribution in [0.4, 0.5) is 0 Å². The third kappa shape index (κ3) is 8.29. The first-order valence-corrected chi connectivity index (χ1v) is 5.59. The molecular weight excluding hydrogens is 160 g/mol. The van der Waals surface area contributed by atoms with Gasteiger partial charge in [0.1, 0.15) is 0 Å². The van der Waals surface area contributed by atoms with E-state index in [0.29, 0.717) is 11.8 Å². The van der Waals surface area contributed by atoms with Crippen LogP contribution in [0, 0.1) is 17.8 Å². The van der Waals surface area contributed by atoms with Gasteiger partial charge in [-0.2, -0.15) is 0 Å². The maximum Gasteiger partial charge on any atom is 0.0545 e. The minimum atomic E-state index is -0.0891. The summed E-state index contributed by atoms with van der Waals surface area (Å²) in [7, 11) is 0. The number of aliphatic hydroxyl groups excluding tert-OH is 1. The van der Waals surface area contributed by atoms with Gasteiger partial charge in [0.15, 0.2) is 0 Å². The Morgan fingerprint density at radius 1 is 0.769 bits per heavy atom. The van der Waals surface area contributed by atoms with E-state index in [1.54, 1.807) is 0 Å². The van der Waals surface area contributed by atoms with Crippen LogP contribution >= 0.6 is 0 Å². The van der Waals surface area contributed by atoms with E-state index in [-0.39, 0.29) is 6.10 Å². The van der Waals surface area contributed by atoms with Gasteiger partial charge in [-0.05, 0) is 37.0 Å². The summed E-state index contributed by atoms with van der Waals surface area (Å²) in [6.07, 6.45) is 3.06. The van der Waals surface area contributed by atoms with Gasteiger partial charge in [-0.15, -0.1) is 0 Å². The molecule has 2 atom stereocenters. The Kier molecular flexibility index (Phi) is 6.40. The molecule has 1 N–H and O–H groups in total. The van der Waals surface area contributed by atoms with Crippen molar-refractivity contribution in [2.45, 2.75) is 60.0 Å². The molecule has 0 aliphatic carbocycles. The fraction of sp³-hybridized carbons (Fsp3) is 1.00. The topological polar surface area (TPSA) is 20.2 Å². The Bertz CT molecular complexity index is 104. The maximum absolute atomic E-state index is 9.70. The highest BCUT2D eigenvalue weighted by molar-refractivity contribution is 4.64. The zero-order valence-corrected chi connectivity index (χ0v) is 9.88. The maximum atomic E-state index is 9.70. The van der Waals surface area contributed by atoms with Gasteiger partial charge in [0, 0.05) is 0 Å². The minimum Gasteiger partial charge on any atom is -0.393 e. The van der Waals surface area contributed by atoms with E-state index < -0.39 is 0 Å². The number of rotatable bonds is 6. The quantitative estimate of drug-likeness (QED) is 0.673. The Hall–Kier alpha value is -0.0400. The van der Waals surface area contributed by atoms with Crippen LogP contribution in [0.25, 0.3) is 0 Å². The van der Waals surface area contributed by atoms with E-state index in [2.05, 4.69) is 34.6 Å². The van der Waals surface area contributed by atoms with Gasteiger partial charge in [0.25, 0.3) is 0 Å². The molecule has 0 fully saturated rings. The van der Waals surface area contributed by atoms with Crippen molar-refractivity contribution in [3.05, 3.63) is 0 Å². The van der Waals surface area contributed by atoms with Crippen molar-refractivity contribution in [2.24, 2.45) is 17.8 Å². The molecule has 0 rings (SSSR count). The third-order valence-corrected chi connectivity index (χ3v) is 2.29. The largest absolute Gasteiger partial charge is 0.393 e. The zero-order valence-electron chi connectivity index (χ0n) is 9.88. The lowest BCUT2D eigenvalue weighted by Crippen LogP contribution is -2.15. The third-order valence-electron chi connectivity index (χ3n) is 2.29. The molecule has 0 bridgehead atoms. The van der Waals surface area contributed by atoms with Gasteiger partial charge in [0.05, 0.1) is 6.10 Å². The van der Waals surface area contributed by atoms with Crippen LogP contribution in [0.5, 0.6) is 0 Å². The molecule has 80 valence electrons. The molecule has 0 aromatic rings. The van der Waals surface area contributed by atoms with Crippen LogP contribution in [0.1, 0.15) is 53.9 Å². The van der Waals surface area contributed by atoms with E-state index in [0.717, 1.165) is 18.8 Å². The lowest BCUT2D eigenvalue weighted by atomic mass is 9.91. The van der Waals surface area contributed by atoms with Crippen molar-refractivity contribution in [3.63, 3.8) is 0 Å². The second-order valence-electron chi connectivity index (χ2n) is 5.25. The summed E-state index contributed by atoms with van der Waals surface area (Å²) < 4.78 is 0. The molecule has 0 saturated carbocycles. The predicted molar refractivity (Wildman–Crippen MR) is 58.7 cm³/mol. The normalized spacial score (nSPS) is 16.6. The van der Waals surface area contributed by atoms with Gasteiger partial charge in [-0.1, -0.05) is 34.6 Å². The molecule has 0 aliphatic heterocycles. The molecule has 0 radical (unpaired) electrons. The van der Waals surface area contributed by atoms with Crippen molar-refractivity contribution in [2.75, 3.05) is 0 Å². The summed E-state index contributed by atoms with van der Waals surface area (Å²) >= 11 is 0. The standard InChI is InChI=1S/C12H26O/c1-9(2)6-11(5)8-12(13)7-10(3)4/h9-13H,6-8H2,1-5H3/t11-,12-/m1/s1. The first-order valence-electron chi connectivity index (χ1n) is 5.59. The number of hydrogen-bond acceptors (Lipinski definition) is 1. The molecule has 0 amide bonds. The van der Waals surface area contributed by atoms with Crippen molar-refractivity contribution in [1.82, 2.24) is 0 Å².